The third-order valence-corrected chi connectivity index (χ3v) is 5.40. The molecule has 2 aromatic carbocycles. The van der Waals surface area contributed by atoms with Crippen LogP contribution in [0.3, 0.4) is 0 Å². The van der Waals surface area contributed by atoms with Crippen molar-refractivity contribution in [2.45, 2.75) is 25.4 Å². The molecule has 1 fully saturated rings. The van der Waals surface area contributed by atoms with Gasteiger partial charge in [0, 0.05) is 48.2 Å². The number of aromatic nitrogens is 2. The molecular weight excluding hydrogens is 393 g/mol. The lowest BCUT2D eigenvalue weighted by atomic mass is 10.0. The van der Waals surface area contributed by atoms with Crippen molar-refractivity contribution < 1.29 is 14.2 Å². The largest absolute Gasteiger partial charge is 0.491 e. The van der Waals surface area contributed by atoms with Crippen molar-refractivity contribution in [3.05, 3.63) is 71.5 Å². The van der Waals surface area contributed by atoms with Crippen LogP contribution in [0, 0.1) is 0 Å². The van der Waals surface area contributed by atoms with Crippen molar-refractivity contribution in [1.29, 1.82) is 0 Å². The average molecular weight is 416 g/mol. The van der Waals surface area contributed by atoms with Gasteiger partial charge in [-0.25, -0.2) is 4.39 Å². The van der Waals surface area contributed by atoms with Crippen molar-refractivity contribution in [3.8, 4) is 16.9 Å². The average Bonchev–Trinajstić information content (AvgIpc) is 3.33. The third-order valence-electron chi connectivity index (χ3n) is 5.07. The molecule has 0 spiro atoms. The van der Waals surface area contributed by atoms with Crippen LogP contribution in [-0.2, 0) is 13.1 Å². The lowest BCUT2D eigenvalue weighted by molar-refractivity contribution is 0.115. The second-order valence-electron chi connectivity index (χ2n) is 7.20. The molecule has 3 aromatic rings. The van der Waals surface area contributed by atoms with Gasteiger partial charge in [0.25, 0.3) is 0 Å². The smallest absolute Gasteiger partial charge is 0.140 e. The summed E-state index contributed by atoms with van der Waals surface area (Å²) in [7, 11) is 0. The highest BCUT2D eigenvalue weighted by Gasteiger charge is 2.31. The molecule has 2 atom stereocenters. The summed E-state index contributed by atoms with van der Waals surface area (Å²) in [5.74, 6) is 0.741. The quantitative estimate of drug-likeness (QED) is 0.637. The Kier molecular flexibility index (Phi) is 6.13. The van der Waals surface area contributed by atoms with E-state index in [-0.39, 0.29) is 6.54 Å². The molecule has 1 saturated heterocycles. The van der Waals surface area contributed by atoms with Crippen LogP contribution in [-0.4, -0.2) is 51.8 Å². The predicted octanol–water partition coefficient (Wildman–Crippen LogP) is 3.80. The lowest BCUT2D eigenvalue weighted by Gasteiger charge is -2.19. The normalized spacial score (nSPS) is 19.6. The van der Waals surface area contributed by atoms with Gasteiger partial charge in [-0.1, -0.05) is 35.9 Å². The van der Waals surface area contributed by atoms with Crippen molar-refractivity contribution in [1.82, 2.24) is 14.7 Å². The fraction of sp³-hybridized carbons (Fsp3) is 0.318. The molecule has 1 aromatic heterocycles. The van der Waals surface area contributed by atoms with Crippen molar-refractivity contribution in [2.24, 2.45) is 0 Å². The van der Waals surface area contributed by atoms with Gasteiger partial charge in [-0.3, -0.25) is 9.58 Å². The molecule has 0 aliphatic carbocycles. The number of rotatable bonds is 7. The van der Waals surface area contributed by atoms with E-state index >= 15 is 0 Å². The number of hydrogen-bond donors (Lipinski definition) is 1. The van der Waals surface area contributed by atoms with E-state index in [1.54, 1.807) is 6.20 Å². The van der Waals surface area contributed by atoms with Crippen molar-refractivity contribution in [3.63, 3.8) is 0 Å². The van der Waals surface area contributed by atoms with Crippen LogP contribution in [0.15, 0.2) is 60.9 Å². The number of ether oxygens (including phenoxy) is 1. The van der Waals surface area contributed by atoms with Crippen LogP contribution in [0.1, 0.15) is 5.56 Å². The van der Waals surface area contributed by atoms with Gasteiger partial charge in [0.05, 0.1) is 12.6 Å². The Morgan fingerprint density at radius 2 is 2.03 bits per heavy atom. The minimum absolute atomic E-state index is 0.213. The van der Waals surface area contributed by atoms with Crippen molar-refractivity contribution in [2.75, 3.05) is 19.7 Å². The lowest BCUT2D eigenvalue weighted by Crippen LogP contribution is -2.22. The maximum atomic E-state index is 13.8. The Balaban J connectivity index is 1.56. The molecule has 2 heterocycles. The zero-order valence-corrected chi connectivity index (χ0v) is 16.7. The van der Waals surface area contributed by atoms with Crippen LogP contribution in [0.2, 0.25) is 5.02 Å². The van der Waals surface area contributed by atoms with Gasteiger partial charge in [-0.15, -0.1) is 0 Å². The van der Waals surface area contributed by atoms with Crippen LogP contribution in [0.4, 0.5) is 4.39 Å². The standard InChI is InChI=1S/C22H23ClFN3O2/c23-19-5-2-1-4-18(19)16-6-7-22(29-11-10-27-9-3-8-25-27)17(12-16)13-26-14-20(24)21(28)15-26/h1-9,12,20-21,28H,10-11,13-15H2/t20-,21-/m1/s1. The van der Waals surface area contributed by atoms with Gasteiger partial charge in [0.15, 0.2) is 0 Å². The van der Waals surface area contributed by atoms with E-state index in [0.717, 1.165) is 22.4 Å². The molecule has 7 heteroatoms. The molecular formula is C22H23ClFN3O2. The van der Waals surface area contributed by atoms with E-state index in [4.69, 9.17) is 16.3 Å². The van der Waals surface area contributed by atoms with Crippen LogP contribution in [0.5, 0.6) is 5.75 Å². The fourth-order valence-electron chi connectivity index (χ4n) is 3.58. The second-order valence-corrected chi connectivity index (χ2v) is 7.60. The highest BCUT2D eigenvalue weighted by Crippen LogP contribution is 2.32. The first kappa shape index (κ1) is 19.9. The Bertz CT molecular complexity index is 941. The Hall–Kier alpha value is -2.41. The van der Waals surface area contributed by atoms with Crippen LogP contribution >= 0.6 is 11.6 Å². The highest BCUT2D eigenvalue weighted by molar-refractivity contribution is 6.33. The van der Waals surface area contributed by atoms with E-state index in [1.165, 1.54) is 0 Å². The summed E-state index contributed by atoms with van der Waals surface area (Å²) in [6.45, 7) is 2.11. The van der Waals surface area contributed by atoms with Gasteiger partial charge in [0.2, 0.25) is 0 Å². The van der Waals surface area contributed by atoms with Crippen LogP contribution in [0.25, 0.3) is 11.1 Å². The molecule has 0 unspecified atom stereocenters. The maximum absolute atomic E-state index is 13.8. The summed E-state index contributed by atoms with van der Waals surface area (Å²) in [5, 5.41) is 14.6. The highest BCUT2D eigenvalue weighted by atomic mass is 35.5. The number of hydrogen-bond acceptors (Lipinski definition) is 4. The van der Waals surface area contributed by atoms with Gasteiger partial charge >= 0.3 is 0 Å². The predicted molar refractivity (Wildman–Crippen MR) is 111 cm³/mol. The van der Waals surface area contributed by atoms with E-state index < -0.39 is 12.3 Å². The second kappa shape index (κ2) is 8.95. The zero-order chi connectivity index (χ0) is 20.2. The maximum Gasteiger partial charge on any atom is 0.140 e. The number of benzene rings is 2. The monoisotopic (exact) mass is 415 g/mol. The van der Waals surface area contributed by atoms with E-state index in [2.05, 4.69) is 5.10 Å². The number of likely N-dealkylation sites (tertiary alicyclic amines) is 1. The Morgan fingerprint density at radius 1 is 1.17 bits per heavy atom. The summed E-state index contributed by atoms with van der Waals surface area (Å²) in [4.78, 5) is 1.90. The number of halogens is 2. The van der Waals surface area contributed by atoms with E-state index in [1.807, 2.05) is 64.3 Å². The fourth-order valence-corrected chi connectivity index (χ4v) is 3.83. The zero-order valence-electron chi connectivity index (χ0n) is 15.9. The first-order chi connectivity index (χ1) is 14.1. The number of alkyl halides is 1. The number of aliphatic hydroxyl groups is 1. The molecule has 1 aliphatic heterocycles. The van der Waals surface area contributed by atoms with Gasteiger partial charge in [-0.2, -0.15) is 5.10 Å². The summed E-state index contributed by atoms with van der Waals surface area (Å²) >= 11 is 6.37. The molecule has 4 rings (SSSR count). The third kappa shape index (κ3) is 4.78. The molecule has 152 valence electrons. The molecule has 29 heavy (non-hydrogen) atoms. The number of aliphatic hydroxyl groups excluding tert-OH is 1. The SMILES string of the molecule is O[C@@H]1CN(Cc2cc(-c3ccccc3Cl)ccc2OCCn2cccn2)C[C@H]1F. The Labute approximate surface area is 174 Å². The van der Waals surface area contributed by atoms with E-state index in [9.17, 15) is 9.50 Å². The molecule has 5 nitrogen and oxygen atoms in total. The molecule has 0 radical (unpaired) electrons. The summed E-state index contributed by atoms with van der Waals surface area (Å²) < 4.78 is 21.6. The summed E-state index contributed by atoms with van der Waals surface area (Å²) in [6, 6.07) is 15.5. The van der Waals surface area contributed by atoms with Gasteiger partial charge < -0.3 is 9.84 Å². The topological polar surface area (TPSA) is 50.5 Å². The van der Waals surface area contributed by atoms with Crippen molar-refractivity contribution >= 4 is 11.6 Å². The summed E-state index contributed by atoms with van der Waals surface area (Å²) in [6.07, 6.45) is 1.46. The minimum atomic E-state index is -1.22. The number of nitrogens with zero attached hydrogens (tertiary/aromatic N) is 3. The first-order valence-corrected chi connectivity index (χ1v) is 10.0. The number of β-amino-alcohol motifs (C(OH)–C–C–N with tert-alkyl or cyclic N) is 1. The molecule has 0 amide bonds. The first-order valence-electron chi connectivity index (χ1n) is 9.62. The molecule has 0 saturated carbocycles. The van der Waals surface area contributed by atoms with Gasteiger partial charge in [-0.05, 0) is 29.8 Å². The van der Waals surface area contributed by atoms with Gasteiger partial charge in [0.1, 0.15) is 18.5 Å². The molecule has 1 N–H and O–H groups in total. The summed E-state index contributed by atoms with van der Waals surface area (Å²) in [5.41, 5.74) is 2.84. The Morgan fingerprint density at radius 3 is 2.76 bits per heavy atom. The van der Waals surface area contributed by atoms with Crippen LogP contribution < -0.4 is 4.74 Å². The minimum Gasteiger partial charge on any atom is -0.491 e. The van der Waals surface area contributed by atoms with E-state index in [0.29, 0.717) is 31.3 Å². The molecule has 1 aliphatic rings. The molecule has 0 bridgehead atoms.